The predicted molar refractivity (Wildman–Crippen MR) is 83.2 cm³/mol. The van der Waals surface area contributed by atoms with Crippen LogP contribution in [-0.4, -0.2) is 26.7 Å². The number of imidazole rings is 1. The van der Waals surface area contributed by atoms with Crippen LogP contribution in [0.1, 0.15) is 33.3 Å². The molecule has 0 spiro atoms. The molecule has 21 heavy (non-hydrogen) atoms. The van der Waals surface area contributed by atoms with Crippen LogP contribution in [0.4, 0.5) is 5.82 Å². The second-order valence-corrected chi connectivity index (χ2v) is 4.32. The van der Waals surface area contributed by atoms with Gasteiger partial charge in [0.2, 0.25) is 6.33 Å². The van der Waals surface area contributed by atoms with Crippen LogP contribution < -0.4 is 0 Å². The minimum Gasteiger partial charge on any atom is -0.400 e. The molecule has 0 aliphatic heterocycles. The Morgan fingerprint density at radius 1 is 1.19 bits per heavy atom. The van der Waals surface area contributed by atoms with Crippen LogP contribution in [0.2, 0.25) is 0 Å². The molecule has 0 unspecified atom stereocenters. The Labute approximate surface area is 125 Å². The minimum absolute atomic E-state index is 0.131. The third-order valence-electron chi connectivity index (χ3n) is 2.88. The number of nitro groups is 1. The van der Waals surface area contributed by atoms with Gasteiger partial charge in [-0.1, -0.05) is 44.2 Å². The predicted octanol–water partition coefficient (Wildman–Crippen LogP) is 3.21. The van der Waals surface area contributed by atoms with E-state index in [2.05, 4.69) is 4.98 Å². The third-order valence-corrected chi connectivity index (χ3v) is 2.88. The monoisotopic (exact) mass is 293 g/mol. The summed E-state index contributed by atoms with van der Waals surface area (Å²) >= 11 is 0. The van der Waals surface area contributed by atoms with E-state index in [1.54, 1.807) is 4.57 Å². The van der Waals surface area contributed by atoms with Crippen molar-refractivity contribution in [2.45, 2.75) is 33.2 Å². The first-order chi connectivity index (χ1) is 10.0. The van der Waals surface area contributed by atoms with Gasteiger partial charge in [0.25, 0.3) is 0 Å². The molecule has 2 aromatic rings. The van der Waals surface area contributed by atoms with Crippen LogP contribution in [0, 0.1) is 10.1 Å². The zero-order valence-electron chi connectivity index (χ0n) is 13.1. The molecule has 0 fully saturated rings. The molecule has 2 rings (SSSR count). The maximum Gasteiger partial charge on any atom is 0.381 e. The molecule has 1 heterocycles. The van der Waals surface area contributed by atoms with Gasteiger partial charge in [-0.15, -0.1) is 0 Å². The van der Waals surface area contributed by atoms with Gasteiger partial charge in [-0.3, -0.25) is 0 Å². The lowest BCUT2D eigenvalue weighted by Crippen LogP contribution is -2.26. The van der Waals surface area contributed by atoms with Crippen molar-refractivity contribution in [2.75, 3.05) is 7.11 Å². The van der Waals surface area contributed by atoms with E-state index in [1.807, 2.05) is 58.0 Å². The van der Waals surface area contributed by atoms with E-state index in [0.29, 0.717) is 0 Å². The van der Waals surface area contributed by atoms with Gasteiger partial charge in [-0.2, -0.15) is 0 Å². The Balaban J connectivity index is 0.000000921. The zero-order valence-corrected chi connectivity index (χ0v) is 13.1. The summed E-state index contributed by atoms with van der Waals surface area (Å²) in [5.41, 5.74) is 0.718. The van der Waals surface area contributed by atoms with E-state index in [4.69, 9.17) is 5.11 Å². The van der Waals surface area contributed by atoms with Crippen LogP contribution in [0.5, 0.6) is 0 Å². The summed E-state index contributed by atoms with van der Waals surface area (Å²) < 4.78 is 1.75. The number of benzene rings is 1. The molecule has 0 aliphatic rings. The van der Waals surface area contributed by atoms with E-state index in [1.165, 1.54) is 12.5 Å². The normalized spacial score (nSPS) is 9.81. The smallest absolute Gasteiger partial charge is 0.381 e. The summed E-state index contributed by atoms with van der Waals surface area (Å²) in [4.78, 5) is 13.9. The van der Waals surface area contributed by atoms with Gasteiger partial charge in [0, 0.05) is 7.11 Å². The third kappa shape index (κ3) is 4.68. The van der Waals surface area contributed by atoms with Crippen molar-refractivity contribution in [1.29, 1.82) is 0 Å². The molecular weight excluding hydrogens is 270 g/mol. The van der Waals surface area contributed by atoms with E-state index < -0.39 is 4.92 Å². The second-order valence-electron chi connectivity index (χ2n) is 4.32. The Hall–Kier alpha value is -2.21. The standard InChI is InChI=1S/C12H13N3O2.C2H6.CH4O/c1-12(2,10-6-4-3-5-7-10)14-8-11(13-9-14)15(16)17;2*1-2/h3-9H,1-2H3;1-2H3;2H,1H3. The number of nitrogens with zero attached hydrogens (tertiary/aromatic N) is 3. The number of aromatic nitrogens is 2. The topological polar surface area (TPSA) is 81.2 Å². The van der Waals surface area contributed by atoms with Gasteiger partial charge < -0.3 is 19.8 Å². The fraction of sp³-hybridized carbons (Fsp3) is 0.400. The molecule has 6 nitrogen and oxygen atoms in total. The van der Waals surface area contributed by atoms with Gasteiger partial charge in [0.05, 0.1) is 5.54 Å². The van der Waals surface area contributed by atoms with Gasteiger partial charge in [-0.25, -0.2) is 0 Å². The van der Waals surface area contributed by atoms with Crippen molar-refractivity contribution in [3.05, 3.63) is 58.5 Å². The fourth-order valence-corrected chi connectivity index (χ4v) is 1.71. The van der Waals surface area contributed by atoms with Crippen LogP contribution in [0.25, 0.3) is 0 Å². The average molecular weight is 293 g/mol. The molecule has 0 saturated carbocycles. The molecule has 0 bridgehead atoms. The molecule has 116 valence electrons. The van der Waals surface area contributed by atoms with Crippen molar-refractivity contribution < 1.29 is 10.0 Å². The molecule has 1 aromatic carbocycles. The van der Waals surface area contributed by atoms with Crippen molar-refractivity contribution in [3.8, 4) is 0 Å². The largest absolute Gasteiger partial charge is 0.400 e. The highest BCUT2D eigenvalue weighted by molar-refractivity contribution is 5.26. The van der Waals surface area contributed by atoms with Crippen molar-refractivity contribution >= 4 is 5.82 Å². The van der Waals surface area contributed by atoms with Gasteiger partial charge in [0.1, 0.15) is 6.20 Å². The molecule has 0 radical (unpaired) electrons. The summed E-state index contributed by atoms with van der Waals surface area (Å²) in [5, 5.41) is 17.6. The van der Waals surface area contributed by atoms with Crippen LogP contribution in [0.3, 0.4) is 0 Å². The van der Waals surface area contributed by atoms with Crippen molar-refractivity contribution in [3.63, 3.8) is 0 Å². The summed E-state index contributed by atoms with van der Waals surface area (Å²) in [6, 6.07) is 9.82. The lowest BCUT2D eigenvalue weighted by Gasteiger charge is -2.25. The number of rotatable bonds is 3. The quantitative estimate of drug-likeness (QED) is 0.696. The summed E-state index contributed by atoms with van der Waals surface area (Å²) in [5.74, 6) is -0.131. The summed E-state index contributed by atoms with van der Waals surface area (Å²) in [6.45, 7) is 7.99. The number of aliphatic hydroxyl groups is 1. The molecule has 0 saturated heterocycles. The first-order valence-corrected chi connectivity index (χ1v) is 6.71. The Bertz CT molecular complexity index is 536. The fourth-order valence-electron chi connectivity index (χ4n) is 1.71. The highest BCUT2D eigenvalue weighted by Crippen LogP contribution is 2.26. The Morgan fingerprint density at radius 2 is 1.71 bits per heavy atom. The Kier molecular flexibility index (Phi) is 7.93. The Morgan fingerprint density at radius 3 is 2.14 bits per heavy atom. The minimum atomic E-state index is -0.489. The van der Waals surface area contributed by atoms with Gasteiger partial charge >= 0.3 is 5.82 Å². The maximum atomic E-state index is 10.6. The highest BCUT2D eigenvalue weighted by Gasteiger charge is 2.25. The highest BCUT2D eigenvalue weighted by atomic mass is 16.6. The molecule has 1 aromatic heterocycles. The number of aliphatic hydroxyl groups excluding tert-OH is 1. The second kappa shape index (κ2) is 8.86. The molecule has 0 amide bonds. The number of hydrogen-bond donors (Lipinski definition) is 1. The van der Waals surface area contributed by atoms with Crippen molar-refractivity contribution in [2.24, 2.45) is 0 Å². The molecule has 6 heteroatoms. The van der Waals surface area contributed by atoms with E-state index >= 15 is 0 Å². The van der Waals surface area contributed by atoms with E-state index in [-0.39, 0.29) is 11.4 Å². The van der Waals surface area contributed by atoms with Crippen LogP contribution in [0.15, 0.2) is 42.9 Å². The molecular formula is C15H23N3O3. The lowest BCUT2D eigenvalue weighted by atomic mass is 9.94. The molecule has 0 aliphatic carbocycles. The summed E-state index contributed by atoms with van der Waals surface area (Å²) in [7, 11) is 1.00. The van der Waals surface area contributed by atoms with Crippen LogP contribution in [-0.2, 0) is 5.54 Å². The first kappa shape index (κ1) is 18.8. The number of hydrogen-bond acceptors (Lipinski definition) is 4. The SMILES string of the molecule is CC.CC(C)(c1ccccc1)n1cnc([N+](=O)[O-])c1.CO. The molecule has 1 N–H and O–H groups in total. The summed E-state index contributed by atoms with van der Waals surface area (Å²) in [6.07, 6.45) is 2.94. The van der Waals surface area contributed by atoms with Crippen molar-refractivity contribution in [1.82, 2.24) is 9.55 Å². The van der Waals surface area contributed by atoms with Crippen LogP contribution >= 0.6 is 0 Å². The zero-order chi connectivity index (χ0) is 16.5. The van der Waals surface area contributed by atoms with Gasteiger partial charge in [-0.05, 0) is 29.3 Å². The maximum absolute atomic E-state index is 10.6. The first-order valence-electron chi connectivity index (χ1n) is 6.71. The van der Waals surface area contributed by atoms with E-state index in [0.717, 1.165) is 12.7 Å². The van der Waals surface area contributed by atoms with E-state index in [9.17, 15) is 10.1 Å². The lowest BCUT2D eigenvalue weighted by molar-refractivity contribution is -0.389. The average Bonchev–Trinajstić information content (AvgIpc) is 3.03. The van der Waals surface area contributed by atoms with Gasteiger partial charge in [0.15, 0.2) is 0 Å². The molecule has 0 atom stereocenters.